The molecule has 0 atom stereocenters. The minimum absolute atomic E-state index is 0.502. The molecule has 0 amide bonds. The third-order valence-corrected chi connectivity index (χ3v) is 3.82. The van der Waals surface area contributed by atoms with Gasteiger partial charge in [0.05, 0.1) is 17.4 Å². The van der Waals surface area contributed by atoms with Crippen molar-refractivity contribution in [1.29, 1.82) is 0 Å². The molecule has 3 heteroatoms. The van der Waals surface area contributed by atoms with Gasteiger partial charge in [-0.2, -0.15) is 0 Å². The van der Waals surface area contributed by atoms with E-state index in [0.717, 1.165) is 12.1 Å². The average Bonchev–Trinajstić information content (AvgIpc) is 2.81. The topological polar surface area (TPSA) is 30.7 Å². The molecule has 1 aliphatic carbocycles. The van der Waals surface area contributed by atoms with Crippen molar-refractivity contribution in [3.05, 3.63) is 23.5 Å². The van der Waals surface area contributed by atoms with Gasteiger partial charge in [0.15, 0.2) is 0 Å². The second-order valence-corrected chi connectivity index (χ2v) is 5.59. The zero-order valence-corrected chi connectivity index (χ0v) is 11.9. The second-order valence-electron chi connectivity index (χ2n) is 5.59. The zero-order chi connectivity index (χ0) is 13.0. The molecule has 0 radical (unpaired) electrons. The quantitative estimate of drug-likeness (QED) is 0.752. The van der Waals surface area contributed by atoms with Gasteiger partial charge in [-0.3, -0.25) is 0 Å². The van der Waals surface area contributed by atoms with Crippen LogP contribution in [0.4, 0.5) is 0 Å². The van der Waals surface area contributed by atoms with Crippen LogP contribution in [0.15, 0.2) is 12.2 Å². The Bertz CT molecular complexity index is 398. The van der Waals surface area contributed by atoms with Gasteiger partial charge in [-0.1, -0.05) is 50.5 Å². The lowest BCUT2D eigenvalue weighted by Gasteiger charge is -2.24. The maximum atomic E-state index is 4.45. The third kappa shape index (κ3) is 2.82. The van der Waals surface area contributed by atoms with Gasteiger partial charge in [-0.15, -0.1) is 5.10 Å². The van der Waals surface area contributed by atoms with Gasteiger partial charge < -0.3 is 0 Å². The Morgan fingerprint density at radius 3 is 2.61 bits per heavy atom. The van der Waals surface area contributed by atoms with Crippen LogP contribution >= 0.6 is 0 Å². The van der Waals surface area contributed by atoms with Gasteiger partial charge in [0, 0.05) is 6.42 Å². The highest BCUT2D eigenvalue weighted by Crippen LogP contribution is 2.31. The zero-order valence-electron chi connectivity index (χ0n) is 11.9. The summed E-state index contributed by atoms with van der Waals surface area (Å²) in [5, 5.41) is 8.86. The van der Waals surface area contributed by atoms with E-state index in [2.05, 4.69) is 47.9 Å². The van der Waals surface area contributed by atoms with E-state index >= 15 is 0 Å². The fourth-order valence-electron chi connectivity index (χ4n) is 2.90. The van der Waals surface area contributed by atoms with Crippen LogP contribution in [0.5, 0.6) is 0 Å². The van der Waals surface area contributed by atoms with Crippen molar-refractivity contribution >= 4 is 0 Å². The van der Waals surface area contributed by atoms with Crippen LogP contribution in [-0.2, 0) is 6.42 Å². The summed E-state index contributed by atoms with van der Waals surface area (Å²) in [6.45, 7) is 6.55. The van der Waals surface area contributed by atoms with Crippen molar-refractivity contribution < 1.29 is 0 Å². The van der Waals surface area contributed by atoms with Gasteiger partial charge in [0.1, 0.15) is 0 Å². The van der Waals surface area contributed by atoms with E-state index in [1.165, 1.54) is 37.8 Å². The van der Waals surface area contributed by atoms with E-state index in [1.807, 2.05) is 0 Å². The minimum Gasteiger partial charge on any atom is -0.246 e. The monoisotopic (exact) mass is 247 g/mol. The summed E-state index contributed by atoms with van der Waals surface area (Å²) in [4.78, 5) is 0. The van der Waals surface area contributed by atoms with E-state index in [4.69, 9.17) is 0 Å². The molecule has 0 spiro atoms. The molecule has 3 nitrogen and oxygen atoms in total. The van der Waals surface area contributed by atoms with Crippen LogP contribution in [-0.4, -0.2) is 15.0 Å². The first-order valence-corrected chi connectivity index (χ1v) is 7.29. The Balaban J connectivity index is 2.25. The molecule has 0 bridgehead atoms. The average molecular weight is 247 g/mol. The maximum Gasteiger partial charge on any atom is 0.0899 e. The van der Waals surface area contributed by atoms with Crippen molar-refractivity contribution in [1.82, 2.24) is 15.0 Å². The van der Waals surface area contributed by atoms with E-state index in [9.17, 15) is 0 Å². The molecule has 0 aliphatic heterocycles. The molecule has 1 heterocycles. The lowest BCUT2D eigenvalue weighted by atomic mass is 9.94. The summed E-state index contributed by atoms with van der Waals surface area (Å²) in [5.74, 6) is 0.502. The molecule has 2 rings (SSSR count). The first-order chi connectivity index (χ1) is 8.74. The summed E-state index contributed by atoms with van der Waals surface area (Å²) in [5.41, 5.74) is 2.51. The predicted molar refractivity (Wildman–Crippen MR) is 74.8 cm³/mol. The Hall–Kier alpha value is -1.12. The van der Waals surface area contributed by atoms with Gasteiger partial charge in [0.25, 0.3) is 0 Å². The molecule has 1 fully saturated rings. The van der Waals surface area contributed by atoms with E-state index in [0.29, 0.717) is 12.0 Å². The van der Waals surface area contributed by atoms with E-state index in [1.54, 1.807) is 0 Å². The molecular weight excluding hydrogens is 222 g/mol. The van der Waals surface area contributed by atoms with Crippen molar-refractivity contribution in [2.45, 2.75) is 71.3 Å². The van der Waals surface area contributed by atoms with Crippen molar-refractivity contribution in [2.75, 3.05) is 0 Å². The van der Waals surface area contributed by atoms with Crippen molar-refractivity contribution in [3.8, 4) is 0 Å². The minimum atomic E-state index is 0.502. The lowest BCUT2D eigenvalue weighted by molar-refractivity contribution is 0.314. The van der Waals surface area contributed by atoms with E-state index in [-0.39, 0.29) is 0 Å². The van der Waals surface area contributed by atoms with Crippen LogP contribution in [0.25, 0.3) is 0 Å². The number of nitrogens with zero attached hydrogens (tertiary/aromatic N) is 3. The van der Waals surface area contributed by atoms with Crippen LogP contribution in [0.3, 0.4) is 0 Å². The van der Waals surface area contributed by atoms with Gasteiger partial charge in [-0.05, 0) is 25.7 Å². The molecule has 18 heavy (non-hydrogen) atoms. The first-order valence-electron chi connectivity index (χ1n) is 7.29. The number of rotatable bonds is 4. The molecule has 0 aromatic carbocycles. The highest BCUT2D eigenvalue weighted by atomic mass is 15.4. The largest absolute Gasteiger partial charge is 0.246 e. The smallest absolute Gasteiger partial charge is 0.0899 e. The molecule has 1 aromatic heterocycles. The standard InChI is InChI=1S/C15H25N3/c1-4-5-11-14-15(12(2)3)18(17-16-14)13-9-7-6-8-10-13/h4-5,12-13H,6-11H2,1-3H3. The van der Waals surface area contributed by atoms with E-state index < -0.39 is 0 Å². The van der Waals surface area contributed by atoms with Gasteiger partial charge in [0.2, 0.25) is 0 Å². The maximum absolute atomic E-state index is 4.45. The fourth-order valence-corrected chi connectivity index (χ4v) is 2.90. The Morgan fingerprint density at radius 1 is 1.28 bits per heavy atom. The molecule has 0 unspecified atom stereocenters. The van der Waals surface area contributed by atoms with Crippen LogP contribution in [0.1, 0.15) is 76.2 Å². The molecule has 0 saturated heterocycles. The summed E-state index contributed by atoms with van der Waals surface area (Å²) in [7, 11) is 0. The number of aromatic nitrogens is 3. The van der Waals surface area contributed by atoms with Gasteiger partial charge in [-0.25, -0.2) is 4.68 Å². The molecular formula is C15H25N3. The highest BCUT2D eigenvalue weighted by molar-refractivity contribution is 5.18. The van der Waals surface area contributed by atoms with Crippen LogP contribution in [0.2, 0.25) is 0 Å². The molecule has 1 aliphatic rings. The third-order valence-electron chi connectivity index (χ3n) is 3.82. The Labute approximate surface area is 110 Å². The number of hydrogen-bond donors (Lipinski definition) is 0. The summed E-state index contributed by atoms with van der Waals surface area (Å²) >= 11 is 0. The number of hydrogen-bond acceptors (Lipinski definition) is 2. The first kappa shape index (κ1) is 13.3. The van der Waals surface area contributed by atoms with Crippen LogP contribution in [0, 0.1) is 0 Å². The summed E-state index contributed by atoms with van der Waals surface area (Å²) in [6, 6.07) is 0.586. The van der Waals surface area contributed by atoms with Crippen LogP contribution < -0.4 is 0 Å². The molecule has 1 aromatic rings. The molecule has 0 N–H and O–H groups in total. The number of allylic oxidation sites excluding steroid dienone is 2. The normalized spacial score (nSPS) is 18.0. The molecule has 100 valence electrons. The summed E-state index contributed by atoms with van der Waals surface area (Å²) in [6.07, 6.45) is 11.8. The predicted octanol–water partition coefficient (Wildman–Crippen LogP) is 4.03. The van der Waals surface area contributed by atoms with Crippen molar-refractivity contribution in [2.24, 2.45) is 0 Å². The van der Waals surface area contributed by atoms with Gasteiger partial charge >= 0.3 is 0 Å². The fraction of sp³-hybridized carbons (Fsp3) is 0.733. The summed E-state index contributed by atoms with van der Waals surface area (Å²) < 4.78 is 2.22. The molecule has 1 saturated carbocycles. The Kier molecular flexibility index (Phi) is 4.56. The second kappa shape index (κ2) is 6.17. The van der Waals surface area contributed by atoms with Crippen molar-refractivity contribution in [3.63, 3.8) is 0 Å². The highest BCUT2D eigenvalue weighted by Gasteiger charge is 2.23. The lowest BCUT2D eigenvalue weighted by Crippen LogP contribution is -2.17. The SMILES string of the molecule is CC=CCc1nnn(C2CCCCC2)c1C(C)C. The Morgan fingerprint density at radius 2 is 2.00 bits per heavy atom.